The topological polar surface area (TPSA) is 39.1 Å². The van der Waals surface area contributed by atoms with Gasteiger partial charge in [-0.25, -0.2) is 0 Å². The van der Waals surface area contributed by atoms with Crippen LogP contribution in [0.4, 0.5) is 0 Å². The van der Waals surface area contributed by atoms with Crippen LogP contribution in [0.3, 0.4) is 0 Å². The van der Waals surface area contributed by atoms with E-state index in [1.165, 1.54) is 25.8 Å². The van der Waals surface area contributed by atoms with E-state index in [0.717, 1.165) is 25.4 Å². The number of hydrogen-bond donors (Lipinski definition) is 1. The highest BCUT2D eigenvalue weighted by atomic mass is 15.1. The van der Waals surface area contributed by atoms with Crippen molar-refractivity contribution >= 4 is 0 Å². The summed E-state index contributed by atoms with van der Waals surface area (Å²) in [6.07, 6.45) is 5.16. The van der Waals surface area contributed by atoms with Gasteiger partial charge in [0.2, 0.25) is 0 Å². The summed E-state index contributed by atoms with van der Waals surface area (Å²) in [6, 6.07) is 2.75. The summed E-state index contributed by atoms with van der Waals surface area (Å²) in [5, 5.41) is 12.4. The van der Waals surface area contributed by atoms with Crippen molar-refractivity contribution in [1.82, 2.24) is 10.2 Å². The molecule has 1 fully saturated rings. The lowest BCUT2D eigenvalue weighted by Crippen LogP contribution is -2.39. The molecule has 3 heteroatoms. The predicted molar refractivity (Wildman–Crippen MR) is 71.7 cm³/mol. The second-order valence-electron chi connectivity index (χ2n) is 5.48. The fourth-order valence-corrected chi connectivity index (χ4v) is 2.32. The van der Waals surface area contributed by atoms with Gasteiger partial charge in [0.25, 0.3) is 0 Å². The molecule has 0 heterocycles. The molecule has 1 saturated carbocycles. The summed E-state index contributed by atoms with van der Waals surface area (Å²) < 4.78 is 0. The summed E-state index contributed by atoms with van der Waals surface area (Å²) in [5.74, 6) is 0.925. The monoisotopic (exact) mass is 237 g/mol. The van der Waals surface area contributed by atoms with Crippen molar-refractivity contribution in [3.63, 3.8) is 0 Å². The Morgan fingerprint density at radius 3 is 2.53 bits per heavy atom. The number of nitriles is 1. The van der Waals surface area contributed by atoms with Gasteiger partial charge in [-0.05, 0) is 45.6 Å². The molecule has 1 aliphatic rings. The van der Waals surface area contributed by atoms with E-state index in [9.17, 15) is 0 Å². The third-order valence-corrected chi connectivity index (χ3v) is 3.61. The van der Waals surface area contributed by atoms with Gasteiger partial charge in [-0.1, -0.05) is 13.3 Å². The zero-order valence-corrected chi connectivity index (χ0v) is 11.6. The van der Waals surface area contributed by atoms with E-state index in [1.54, 1.807) is 0 Å². The molecule has 0 radical (unpaired) electrons. The predicted octanol–water partition coefficient (Wildman–Crippen LogP) is 2.39. The van der Waals surface area contributed by atoms with Gasteiger partial charge in [0.05, 0.1) is 12.1 Å². The summed E-state index contributed by atoms with van der Waals surface area (Å²) in [4.78, 5) is 2.50. The van der Waals surface area contributed by atoms with Gasteiger partial charge in [0, 0.05) is 19.1 Å². The van der Waals surface area contributed by atoms with Crippen LogP contribution in [0.5, 0.6) is 0 Å². The highest BCUT2D eigenvalue weighted by Crippen LogP contribution is 2.27. The van der Waals surface area contributed by atoms with Gasteiger partial charge >= 0.3 is 0 Å². The summed E-state index contributed by atoms with van der Waals surface area (Å²) in [6.45, 7) is 9.79. The molecule has 1 aliphatic carbocycles. The van der Waals surface area contributed by atoms with Crippen molar-refractivity contribution in [3.05, 3.63) is 0 Å². The summed E-state index contributed by atoms with van der Waals surface area (Å²) in [5.41, 5.74) is 0. The fraction of sp³-hybridized carbons (Fsp3) is 0.929. The molecule has 0 spiro atoms. The maximum absolute atomic E-state index is 9.07. The first kappa shape index (κ1) is 14.5. The second kappa shape index (κ2) is 7.68. The van der Waals surface area contributed by atoms with Crippen LogP contribution < -0.4 is 5.32 Å². The van der Waals surface area contributed by atoms with Crippen LogP contribution >= 0.6 is 0 Å². The first-order valence-corrected chi connectivity index (χ1v) is 7.03. The molecule has 3 nitrogen and oxygen atoms in total. The Bertz CT molecular complexity index is 240. The largest absolute Gasteiger partial charge is 0.303 e. The Balaban J connectivity index is 2.22. The molecule has 17 heavy (non-hydrogen) atoms. The van der Waals surface area contributed by atoms with Crippen LogP contribution in [0.15, 0.2) is 0 Å². The third kappa shape index (κ3) is 5.52. The maximum atomic E-state index is 9.07. The fourth-order valence-electron chi connectivity index (χ4n) is 2.32. The second-order valence-corrected chi connectivity index (χ2v) is 5.48. The molecule has 0 aromatic carbocycles. The lowest BCUT2D eigenvalue weighted by Gasteiger charge is -2.32. The molecule has 1 unspecified atom stereocenters. The zero-order chi connectivity index (χ0) is 12.7. The highest BCUT2D eigenvalue weighted by molar-refractivity contribution is 4.91. The van der Waals surface area contributed by atoms with Crippen LogP contribution in [0, 0.1) is 17.2 Å². The number of rotatable bonds is 8. The van der Waals surface area contributed by atoms with Crippen LogP contribution in [0.2, 0.25) is 0 Å². The van der Waals surface area contributed by atoms with Gasteiger partial charge in [0.15, 0.2) is 0 Å². The normalized spacial score (nSPS) is 18.1. The van der Waals surface area contributed by atoms with Crippen molar-refractivity contribution in [2.24, 2.45) is 5.92 Å². The molecule has 0 aliphatic heterocycles. The van der Waals surface area contributed by atoms with E-state index in [1.807, 2.05) is 0 Å². The van der Waals surface area contributed by atoms with Crippen molar-refractivity contribution in [1.29, 1.82) is 5.26 Å². The van der Waals surface area contributed by atoms with Crippen molar-refractivity contribution in [2.45, 2.75) is 58.5 Å². The maximum Gasteiger partial charge on any atom is 0.0967 e. The quantitative estimate of drug-likeness (QED) is 0.704. The molecule has 0 amide bonds. The minimum atomic E-state index is 0.00504. The number of nitrogens with one attached hydrogen (secondary N) is 1. The van der Waals surface area contributed by atoms with Crippen molar-refractivity contribution in [3.8, 4) is 6.07 Å². The highest BCUT2D eigenvalue weighted by Gasteiger charge is 2.20. The summed E-state index contributed by atoms with van der Waals surface area (Å²) in [7, 11) is 0. The number of nitrogens with zero attached hydrogens (tertiary/aromatic N) is 2. The smallest absolute Gasteiger partial charge is 0.0967 e. The van der Waals surface area contributed by atoms with E-state index < -0.39 is 0 Å². The van der Waals surface area contributed by atoms with Gasteiger partial charge in [-0.3, -0.25) is 5.32 Å². The Hall–Kier alpha value is -0.590. The average Bonchev–Trinajstić information content (AvgIpc) is 2.24. The minimum absolute atomic E-state index is 0.00504. The Kier molecular flexibility index (Phi) is 6.54. The lowest BCUT2D eigenvalue weighted by atomic mass is 9.85. The first-order chi connectivity index (χ1) is 8.15. The van der Waals surface area contributed by atoms with E-state index in [-0.39, 0.29) is 6.04 Å². The zero-order valence-electron chi connectivity index (χ0n) is 11.6. The molecule has 0 saturated heterocycles. The molecule has 0 bridgehead atoms. The van der Waals surface area contributed by atoms with E-state index >= 15 is 0 Å². The van der Waals surface area contributed by atoms with Gasteiger partial charge < -0.3 is 4.90 Å². The number of hydrogen-bond acceptors (Lipinski definition) is 3. The van der Waals surface area contributed by atoms with Gasteiger partial charge in [-0.15, -0.1) is 0 Å². The molecular weight excluding hydrogens is 210 g/mol. The Morgan fingerprint density at radius 2 is 2.12 bits per heavy atom. The van der Waals surface area contributed by atoms with E-state index in [4.69, 9.17) is 5.26 Å². The third-order valence-electron chi connectivity index (χ3n) is 3.61. The molecule has 0 aromatic rings. The van der Waals surface area contributed by atoms with E-state index in [0.29, 0.717) is 6.04 Å². The lowest BCUT2D eigenvalue weighted by molar-refractivity contribution is 0.179. The Morgan fingerprint density at radius 1 is 1.41 bits per heavy atom. The molecular formula is C14H27N3. The Labute approximate surface area is 106 Å². The summed E-state index contributed by atoms with van der Waals surface area (Å²) >= 11 is 0. The van der Waals surface area contributed by atoms with Crippen LogP contribution in [-0.2, 0) is 0 Å². The van der Waals surface area contributed by atoms with E-state index in [2.05, 4.69) is 37.1 Å². The van der Waals surface area contributed by atoms with Crippen LogP contribution in [0.25, 0.3) is 0 Å². The molecule has 1 atom stereocenters. The molecule has 0 aromatic heterocycles. The molecule has 1 N–H and O–H groups in total. The average molecular weight is 237 g/mol. The van der Waals surface area contributed by atoms with Gasteiger partial charge in [0.1, 0.15) is 0 Å². The molecule has 98 valence electrons. The van der Waals surface area contributed by atoms with Gasteiger partial charge in [-0.2, -0.15) is 5.26 Å². The first-order valence-electron chi connectivity index (χ1n) is 7.03. The van der Waals surface area contributed by atoms with Crippen LogP contribution in [-0.4, -0.2) is 36.6 Å². The minimum Gasteiger partial charge on any atom is -0.303 e. The van der Waals surface area contributed by atoms with Crippen molar-refractivity contribution < 1.29 is 0 Å². The SMILES string of the molecule is CCN(CCC(C#N)NC(C)C)CC1CCC1. The molecule has 1 rings (SSSR count). The van der Waals surface area contributed by atoms with Crippen LogP contribution in [0.1, 0.15) is 46.5 Å². The van der Waals surface area contributed by atoms with Crippen molar-refractivity contribution in [2.75, 3.05) is 19.6 Å². The standard InChI is InChI=1S/C14H27N3/c1-4-17(11-13-6-5-7-13)9-8-14(10-15)16-12(2)3/h12-14,16H,4-9,11H2,1-3H3.